The van der Waals surface area contributed by atoms with Crippen molar-refractivity contribution < 1.29 is 9.13 Å². The summed E-state index contributed by atoms with van der Waals surface area (Å²) in [5.41, 5.74) is 8.53. The van der Waals surface area contributed by atoms with Gasteiger partial charge in [-0.3, -0.25) is 0 Å². The molecule has 0 aliphatic rings. The van der Waals surface area contributed by atoms with Crippen molar-refractivity contribution in [2.45, 2.75) is 20.1 Å². The molecule has 0 aliphatic carbocycles. The summed E-state index contributed by atoms with van der Waals surface area (Å²) in [5.74, 6) is 0.345. The molecule has 2 rings (SSSR count). The van der Waals surface area contributed by atoms with Gasteiger partial charge < -0.3 is 10.5 Å². The van der Waals surface area contributed by atoms with E-state index in [9.17, 15) is 4.39 Å². The zero-order valence-electron chi connectivity index (χ0n) is 10.3. The molecule has 0 aliphatic heterocycles. The molecular weight excluding hydrogens is 229 g/mol. The molecule has 2 nitrogen and oxygen atoms in total. The number of hydrogen-bond donors (Lipinski definition) is 1. The van der Waals surface area contributed by atoms with Gasteiger partial charge in [0.15, 0.2) is 0 Å². The summed E-state index contributed by atoms with van der Waals surface area (Å²) in [5, 5.41) is 0. The van der Waals surface area contributed by atoms with Gasteiger partial charge in [0.2, 0.25) is 0 Å². The normalized spacial score (nSPS) is 10.4. The van der Waals surface area contributed by atoms with Crippen LogP contribution >= 0.6 is 0 Å². The fraction of sp³-hybridized carbons (Fsp3) is 0.200. The Labute approximate surface area is 106 Å². The number of benzene rings is 2. The van der Waals surface area contributed by atoms with Crippen LogP contribution in [0, 0.1) is 12.7 Å². The van der Waals surface area contributed by atoms with Crippen LogP contribution in [0.15, 0.2) is 42.5 Å². The van der Waals surface area contributed by atoms with Gasteiger partial charge in [-0.2, -0.15) is 0 Å². The Hall–Kier alpha value is -1.87. The first-order valence-electron chi connectivity index (χ1n) is 5.86. The van der Waals surface area contributed by atoms with Gasteiger partial charge in [0.1, 0.15) is 18.2 Å². The summed E-state index contributed by atoms with van der Waals surface area (Å²) in [4.78, 5) is 0. The second-order valence-corrected chi connectivity index (χ2v) is 4.23. The van der Waals surface area contributed by atoms with Gasteiger partial charge in [-0.1, -0.05) is 29.8 Å². The second-order valence-electron chi connectivity index (χ2n) is 4.23. The fourth-order valence-electron chi connectivity index (χ4n) is 1.69. The Bertz CT molecular complexity index is 523. The topological polar surface area (TPSA) is 35.2 Å². The van der Waals surface area contributed by atoms with E-state index in [-0.39, 0.29) is 12.4 Å². The van der Waals surface area contributed by atoms with E-state index in [1.54, 1.807) is 6.07 Å². The molecule has 0 unspecified atom stereocenters. The highest BCUT2D eigenvalue weighted by Crippen LogP contribution is 2.20. The summed E-state index contributed by atoms with van der Waals surface area (Å²) < 4.78 is 18.7. The molecule has 2 aromatic carbocycles. The van der Waals surface area contributed by atoms with Crippen molar-refractivity contribution in [2.24, 2.45) is 5.73 Å². The van der Waals surface area contributed by atoms with Crippen LogP contribution in [-0.4, -0.2) is 0 Å². The van der Waals surface area contributed by atoms with Crippen molar-refractivity contribution in [3.05, 3.63) is 65.0 Å². The Kier molecular flexibility index (Phi) is 3.95. The minimum Gasteiger partial charge on any atom is -0.489 e. The lowest BCUT2D eigenvalue weighted by Crippen LogP contribution is -2.03. The molecule has 0 fully saturated rings. The molecule has 0 atom stereocenters. The fourth-order valence-corrected chi connectivity index (χ4v) is 1.69. The van der Waals surface area contributed by atoms with Gasteiger partial charge >= 0.3 is 0 Å². The van der Waals surface area contributed by atoms with E-state index in [4.69, 9.17) is 10.5 Å². The molecule has 2 N–H and O–H groups in total. The van der Waals surface area contributed by atoms with Gasteiger partial charge in [-0.05, 0) is 30.7 Å². The van der Waals surface area contributed by atoms with E-state index < -0.39 is 0 Å². The number of rotatable bonds is 4. The first-order valence-corrected chi connectivity index (χ1v) is 5.86. The lowest BCUT2D eigenvalue weighted by Gasteiger charge is -2.10. The summed E-state index contributed by atoms with van der Waals surface area (Å²) in [6.45, 7) is 2.76. The van der Waals surface area contributed by atoms with E-state index in [1.165, 1.54) is 17.7 Å². The van der Waals surface area contributed by atoms with Crippen molar-refractivity contribution in [1.29, 1.82) is 0 Å². The van der Waals surface area contributed by atoms with Crippen LogP contribution in [0.1, 0.15) is 16.7 Å². The summed E-state index contributed by atoms with van der Waals surface area (Å²) >= 11 is 0. The molecule has 0 spiro atoms. The zero-order valence-corrected chi connectivity index (χ0v) is 10.3. The summed E-state index contributed by atoms with van der Waals surface area (Å²) in [6, 6.07) is 12.5. The number of halogens is 1. The average Bonchev–Trinajstić information content (AvgIpc) is 2.39. The van der Waals surface area contributed by atoms with Gasteiger partial charge in [0, 0.05) is 12.1 Å². The molecule has 0 saturated carbocycles. The minimum absolute atomic E-state index is 0.265. The Balaban J connectivity index is 2.08. The smallest absolute Gasteiger partial charge is 0.124 e. The quantitative estimate of drug-likeness (QED) is 0.898. The van der Waals surface area contributed by atoms with E-state index in [0.29, 0.717) is 17.9 Å². The van der Waals surface area contributed by atoms with Crippen molar-refractivity contribution >= 4 is 0 Å². The number of nitrogens with two attached hydrogens (primary N) is 1. The first-order chi connectivity index (χ1) is 8.69. The molecule has 0 aromatic heterocycles. The molecule has 0 amide bonds. The van der Waals surface area contributed by atoms with Gasteiger partial charge in [-0.25, -0.2) is 4.39 Å². The van der Waals surface area contributed by atoms with Crippen LogP contribution in [0.25, 0.3) is 0 Å². The van der Waals surface area contributed by atoms with Gasteiger partial charge in [-0.15, -0.1) is 0 Å². The first kappa shape index (κ1) is 12.6. The predicted molar refractivity (Wildman–Crippen MR) is 69.8 cm³/mol. The highest BCUT2D eigenvalue weighted by atomic mass is 19.1. The number of ether oxygens (including phenoxy) is 1. The van der Waals surface area contributed by atoms with Crippen LogP contribution in [0.4, 0.5) is 4.39 Å². The molecule has 0 heterocycles. The average molecular weight is 245 g/mol. The third-order valence-corrected chi connectivity index (χ3v) is 2.76. The molecule has 18 heavy (non-hydrogen) atoms. The van der Waals surface area contributed by atoms with E-state index in [0.717, 1.165) is 5.56 Å². The number of aryl methyl sites for hydroxylation is 1. The van der Waals surface area contributed by atoms with Crippen molar-refractivity contribution in [2.75, 3.05) is 0 Å². The third kappa shape index (κ3) is 3.08. The van der Waals surface area contributed by atoms with E-state index in [2.05, 4.69) is 0 Å². The van der Waals surface area contributed by atoms with E-state index >= 15 is 0 Å². The maximum Gasteiger partial charge on any atom is 0.124 e. The zero-order chi connectivity index (χ0) is 13.0. The molecule has 0 bridgehead atoms. The highest BCUT2D eigenvalue weighted by Gasteiger charge is 2.04. The predicted octanol–water partition coefficient (Wildman–Crippen LogP) is 3.17. The Morgan fingerprint density at radius 3 is 2.50 bits per heavy atom. The van der Waals surface area contributed by atoms with Crippen LogP contribution in [0.5, 0.6) is 5.75 Å². The van der Waals surface area contributed by atoms with Gasteiger partial charge in [0.05, 0.1) is 0 Å². The molecule has 2 aromatic rings. The highest BCUT2D eigenvalue weighted by molar-refractivity contribution is 5.34. The molecule has 3 heteroatoms. The van der Waals surface area contributed by atoms with Crippen LogP contribution < -0.4 is 10.5 Å². The standard InChI is InChI=1S/C15H16FNO/c1-11-2-4-12(5-3-11)10-18-15-7-6-14(16)8-13(15)9-17/h2-8H,9-10,17H2,1H3. The molecule has 94 valence electrons. The third-order valence-electron chi connectivity index (χ3n) is 2.76. The maximum absolute atomic E-state index is 13.0. The van der Waals surface area contributed by atoms with Crippen molar-refractivity contribution in [3.63, 3.8) is 0 Å². The van der Waals surface area contributed by atoms with Crippen LogP contribution in [0.3, 0.4) is 0 Å². The Morgan fingerprint density at radius 1 is 1.11 bits per heavy atom. The van der Waals surface area contributed by atoms with E-state index in [1.807, 2.05) is 31.2 Å². The second kappa shape index (κ2) is 5.65. The largest absolute Gasteiger partial charge is 0.489 e. The maximum atomic E-state index is 13.0. The molecule has 0 saturated heterocycles. The summed E-state index contributed by atoms with van der Waals surface area (Å²) in [6.07, 6.45) is 0. The lowest BCUT2D eigenvalue weighted by atomic mass is 10.1. The monoisotopic (exact) mass is 245 g/mol. The van der Waals surface area contributed by atoms with Gasteiger partial charge in [0.25, 0.3) is 0 Å². The van der Waals surface area contributed by atoms with Crippen LogP contribution in [-0.2, 0) is 13.2 Å². The van der Waals surface area contributed by atoms with Crippen molar-refractivity contribution in [1.82, 2.24) is 0 Å². The molecule has 0 radical (unpaired) electrons. The van der Waals surface area contributed by atoms with Crippen LogP contribution in [0.2, 0.25) is 0 Å². The SMILES string of the molecule is Cc1ccc(COc2ccc(F)cc2CN)cc1. The minimum atomic E-state index is -0.293. The van der Waals surface area contributed by atoms with Crippen molar-refractivity contribution in [3.8, 4) is 5.75 Å². The Morgan fingerprint density at radius 2 is 1.83 bits per heavy atom. The summed E-state index contributed by atoms with van der Waals surface area (Å²) in [7, 11) is 0. The molecular formula is C15H16FNO. The lowest BCUT2D eigenvalue weighted by molar-refractivity contribution is 0.302. The number of hydrogen-bond acceptors (Lipinski definition) is 2.